The average Bonchev–Trinajstić information content (AvgIpc) is 3.39. The molecule has 4 N–H and O–H groups in total. The molecular formula is C22H19N7O5. The van der Waals surface area contributed by atoms with Crippen LogP contribution in [0.25, 0.3) is 11.0 Å². The highest BCUT2D eigenvalue weighted by Crippen LogP contribution is 2.28. The fourth-order valence-electron chi connectivity index (χ4n) is 3.70. The number of nitrogens with one attached hydrogen (secondary N) is 4. The van der Waals surface area contributed by atoms with Crippen molar-refractivity contribution in [3.05, 3.63) is 59.0 Å². The molecule has 0 atom stereocenters. The third-order valence-electron chi connectivity index (χ3n) is 5.32. The summed E-state index contributed by atoms with van der Waals surface area (Å²) in [5.41, 5.74) is 3.40. The monoisotopic (exact) mass is 461 g/mol. The maximum absolute atomic E-state index is 12.9. The molecule has 1 aliphatic heterocycles. The van der Waals surface area contributed by atoms with E-state index in [1.54, 1.807) is 38.2 Å². The van der Waals surface area contributed by atoms with Gasteiger partial charge in [-0.3, -0.25) is 14.4 Å². The lowest BCUT2D eigenvalue weighted by Crippen LogP contribution is -2.26. The summed E-state index contributed by atoms with van der Waals surface area (Å²) in [6.45, 7) is 3.50. The summed E-state index contributed by atoms with van der Waals surface area (Å²) >= 11 is 0. The number of hydrogen-bond acceptors (Lipinski definition) is 8. The van der Waals surface area contributed by atoms with E-state index in [0.717, 1.165) is 5.56 Å². The first-order chi connectivity index (χ1) is 16.4. The topological polar surface area (TPSA) is 164 Å². The van der Waals surface area contributed by atoms with Crippen molar-refractivity contribution in [1.82, 2.24) is 25.4 Å². The highest BCUT2D eigenvalue weighted by atomic mass is 16.5. The van der Waals surface area contributed by atoms with E-state index >= 15 is 0 Å². The van der Waals surface area contributed by atoms with E-state index in [-0.39, 0.29) is 24.8 Å². The second-order valence-electron chi connectivity index (χ2n) is 7.65. The van der Waals surface area contributed by atoms with Gasteiger partial charge in [0, 0.05) is 12.7 Å². The van der Waals surface area contributed by atoms with E-state index in [0.29, 0.717) is 45.2 Å². The predicted octanol–water partition coefficient (Wildman–Crippen LogP) is 2.08. The van der Waals surface area contributed by atoms with Crippen LogP contribution in [0.4, 0.5) is 11.4 Å². The average molecular weight is 461 g/mol. The summed E-state index contributed by atoms with van der Waals surface area (Å²) in [4.78, 5) is 48.3. The fraction of sp³-hybridized carbons (Fsp3) is 0.182. The first-order valence-electron chi connectivity index (χ1n) is 10.3. The van der Waals surface area contributed by atoms with Crippen LogP contribution in [0.5, 0.6) is 5.75 Å². The first-order valence-corrected chi connectivity index (χ1v) is 10.3. The number of hydrogen-bond donors (Lipinski definition) is 4. The molecule has 0 bridgehead atoms. The van der Waals surface area contributed by atoms with Crippen molar-refractivity contribution in [1.29, 1.82) is 0 Å². The summed E-state index contributed by atoms with van der Waals surface area (Å²) in [6.07, 6.45) is 2.79. The van der Waals surface area contributed by atoms with Crippen LogP contribution >= 0.6 is 0 Å². The number of carbonyl (C=O) groups excluding carboxylic acids is 3. The van der Waals surface area contributed by atoms with Crippen LogP contribution in [-0.4, -0.2) is 44.4 Å². The zero-order chi connectivity index (χ0) is 23.8. The lowest BCUT2D eigenvalue weighted by atomic mass is 10.1. The number of rotatable bonds is 5. The van der Waals surface area contributed by atoms with Crippen molar-refractivity contribution < 1.29 is 23.6 Å². The van der Waals surface area contributed by atoms with Gasteiger partial charge in [-0.2, -0.15) is 0 Å². The van der Waals surface area contributed by atoms with Crippen molar-refractivity contribution in [3.63, 3.8) is 0 Å². The molecule has 0 saturated heterocycles. The highest BCUT2D eigenvalue weighted by molar-refractivity contribution is 6.11. The lowest BCUT2D eigenvalue weighted by Gasteiger charge is -2.18. The number of ether oxygens (including phenoxy) is 1. The normalized spacial score (nSPS) is 12.6. The van der Waals surface area contributed by atoms with Gasteiger partial charge in [-0.1, -0.05) is 11.2 Å². The van der Waals surface area contributed by atoms with E-state index in [1.807, 2.05) is 0 Å². The lowest BCUT2D eigenvalue weighted by molar-refractivity contribution is -0.118. The van der Waals surface area contributed by atoms with Gasteiger partial charge in [0.05, 0.1) is 22.6 Å². The van der Waals surface area contributed by atoms with Crippen LogP contribution in [0.1, 0.15) is 37.9 Å². The molecule has 0 unspecified atom stereocenters. The molecule has 1 aliphatic rings. The molecule has 12 nitrogen and oxygen atoms in total. The number of aryl methyl sites for hydroxylation is 2. The van der Waals surface area contributed by atoms with E-state index in [2.05, 4.69) is 36.1 Å². The number of carbonyl (C=O) groups is 3. The third-order valence-corrected chi connectivity index (χ3v) is 5.32. The third kappa shape index (κ3) is 3.81. The molecule has 0 aliphatic carbocycles. The van der Waals surface area contributed by atoms with E-state index in [9.17, 15) is 14.4 Å². The summed E-state index contributed by atoms with van der Waals surface area (Å²) in [5.74, 6) is -0.0928. The number of amides is 3. The number of benzene rings is 1. The Bertz CT molecular complexity index is 1440. The van der Waals surface area contributed by atoms with Gasteiger partial charge >= 0.3 is 0 Å². The van der Waals surface area contributed by atoms with Gasteiger partial charge in [0.2, 0.25) is 0 Å². The van der Waals surface area contributed by atoms with E-state index < -0.39 is 11.8 Å². The Labute approximate surface area is 192 Å². The number of nitrogens with zero attached hydrogens (tertiary/aromatic N) is 3. The summed E-state index contributed by atoms with van der Waals surface area (Å²) < 4.78 is 10.4. The molecule has 4 aromatic rings. The zero-order valence-corrected chi connectivity index (χ0v) is 18.2. The van der Waals surface area contributed by atoms with Crippen molar-refractivity contribution in [2.45, 2.75) is 20.4 Å². The Kier molecular flexibility index (Phi) is 5.17. The number of aromatic amines is 1. The molecule has 0 radical (unpaired) electrons. The molecule has 34 heavy (non-hydrogen) atoms. The Balaban J connectivity index is 1.33. The molecule has 0 saturated carbocycles. The van der Waals surface area contributed by atoms with Gasteiger partial charge < -0.3 is 30.2 Å². The number of anilines is 2. The Morgan fingerprint density at radius 3 is 2.82 bits per heavy atom. The maximum Gasteiger partial charge on any atom is 0.272 e. The van der Waals surface area contributed by atoms with Gasteiger partial charge in [0.15, 0.2) is 12.3 Å². The number of aromatic nitrogens is 4. The van der Waals surface area contributed by atoms with Crippen LogP contribution in [-0.2, 0) is 11.3 Å². The maximum atomic E-state index is 12.9. The molecule has 0 spiro atoms. The van der Waals surface area contributed by atoms with Crippen LogP contribution in [0.3, 0.4) is 0 Å². The van der Waals surface area contributed by atoms with E-state index in [1.165, 1.54) is 6.33 Å². The number of fused-ring (bicyclic) bond motifs is 2. The predicted molar refractivity (Wildman–Crippen MR) is 120 cm³/mol. The Morgan fingerprint density at radius 1 is 1.18 bits per heavy atom. The summed E-state index contributed by atoms with van der Waals surface area (Å²) in [5, 5.41) is 12.1. The second kappa shape index (κ2) is 8.31. The molecule has 12 heteroatoms. The van der Waals surface area contributed by atoms with Crippen molar-refractivity contribution >= 4 is 40.1 Å². The van der Waals surface area contributed by atoms with Crippen molar-refractivity contribution in [2.75, 3.05) is 17.2 Å². The second-order valence-corrected chi connectivity index (χ2v) is 7.65. The molecular weight excluding hydrogens is 442 g/mol. The quantitative estimate of drug-likeness (QED) is 0.351. The van der Waals surface area contributed by atoms with Crippen LogP contribution in [0.15, 0.2) is 35.2 Å². The highest BCUT2D eigenvalue weighted by Gasteiger charge is 2.21. The van der Waals surface area contributed by atoms with Crippen LogP contribution in [0.2, 0.25) is 0 Å². The van der Waals surface area contributed by atoms with Crippen LogP contribution in [0, 0.1) is 13.8 Å². The number of H-pyrrole nitrogens is 1. The molecule has 4 heterocycles. The van der Waals surface area contributed by atoms with Gasteiger partial charge in [-0.25, -0.2) is 9.97 Å². The summed E-state index contributed by atoms with van der Waals surface area (Å²) in [7, 11) is 0. The molecule has 5 rings (SSSR count). The Hall–Kier alpha value is -4.74. The minimum Gasteiger partial charge on any atom is -0.482 e. The van der Waals surface area contributed by atoms with Gasteiger partial charge in [-0.05, 0) is 31.5 Å². The fourth-order valence-corrected chi connectivity index (χ4v) is 3.70. The SMILES string of the molecule is Cc1noc(C)c1C(=O)Nc1c[nH]c2c(C(=O)NCc3ccc4c(c3)NC(=O)CO4)ncnc12. The molecule has 172 valence electrons. The zero-order valence-electron chi connectivity index (χ0n) is 18.2. The largest absolute Gasteiger partial charge is 0.482 e. The Morgan fingerprint density at radius 2 is 2.03 bits per heavy atom. The van der Waals surface area contributed by atoms with Gasteiger partial charge in [-0.15, -0.1) is 0 Å². The summed E-state index contributed by atoms with van der Waals surface area (Å²) in [6, 6.07) is 5.26. The van der Waals surface area contributed by atoms with Crippen molar-refractivity contribution in [2.24, 2.45) is 0 Å². The minimum absolute atomic E-state index is 0.0242. The van der Waals surface area contributed by atoms with Crippen LogP contribution < -0.4 is 20.7 Å². The molecule has 3 aromatic heterocycles. The minimum atomic E-state index is -0.434. The van der Waals surface area contributed by atoms with Gasteiger partial charge in [0.25, 0.3) is 17.7 Å². The van der Waals surface area contributed by atoms with Gasteiger partial charge in [0.1, 0.15) is 28.9 Å². The van der Waals surface area contributed by atoms with Crippen molar-refractivity contribution in [3.8, 4) is 5.75 Å². The molecule has 1 aromatic carbocycles. The standard InChI is InChI=1S/C22H19N7O5/c1-10-17(11(2)34-29-10)21(31)28-14-7-23-19-18(14)25-9-26-20(19)22(32)24-6-12-3-4-15-13(5-12)27-16(30)8-33-15/h3-5,7,9,23H,6,8H2,1-2H3,(H,24,32)(H,27,30)(H,28,31). The van der Waals surface area contributed by atoms with E-state index in [4.69, 9.17) is 9.26 Å². The smallest absolute Gasteiger partial charge is 0.272 e. The molecule has 3 amide bonds. The first kappa shape index (κ1) is 21.1. The molecule has 0 fully saturated rings.